The third-order valence-corrected chi connectivity index (χ3v) is 3.43. The number of carbonyl (C=O) groups is 1. The molecule has 0 fully saturated rings. The monoisotopic (exact) mass is 313 g/mol. The minimum absolute atomic E-state index is 0.0545. The molecule has 118 valence electrons. The number of nitrogens with one attached hydrogen (secondary N) is 1. The normalized spacial score (nSPS) is 12.2. The number of fused-ring (bicyclic) bond motifs is 1. The largest absolute Gasteiger partial charge is 0.467 e. The zero-order valence-electron chi connectivity index (χ0n) is 12.2. The summed E-state index contributed by atoms with van der Waals surface area (Å²) in [7, 11) is 0. The van der Waals surface area contributed by atoms with Gasteiger partial charge in [0.1, 0.15) is 17.4 Å². The quantitative estimate of drug-likeness (QED) is 0.753. The van der Waals surface area contributed by atoms with Gasteiger partial charge in [-0.3, -0.25) is 9.59 Å². The Kier molecular flexibility index (Phi) is 4.25. The summed E-state index contributed by atoms with van der Waals surface area (Å²) in [5.74, 6) is -0.114. The van der Waals surface area contributed by atoms with Gasteiger partial charge in [-0.05, 0) is 30.7 Å². The molecule has 6 heteroatoms. The maximum absolute atomic E-state index is 12.1. The molecule has 0 aliphatic carbocycles. The van der Waals surface area contributed by atoms with Gasteiger partial charge in [-0.25, -0.2) is 0 Å². The molecule has 2 aromatic heterocycles. The average molecular weight is 313 g/mol. The summed E-state index contributed by atoms with van der Waals surface area (Å²) in [6.45, 7) is 0.219. The highest BCUT2D eigenvalue weighted by molar-refractivity contribution is 5.93. The van der Waals surface area contributed by atoms with Crippen molar-refractivity contribution in [3.8, 4) is 0 Å². The first-order valence-electron chi connectivity index (χ1n) is 7.18. The Morgan fingerprint density at radius 2 is 2.04 bits per heavy atom. The fourth-order valence-electron chi connectivity index (χ4n) is 2.25. The molecule has 0 bridgehead atoms. The van der Waals surface area contributed by atoms with Gasteiger partial charge in [-0.2, -0.15) is 0 Å². The molecule has 2 heterocycles. The number of para-hydroxylation sites is 1. The number of aliphatic hydroxyl groups excluding tert-OH is 1. The number of carbonyl (C=O) groups excluding carboxylic acids is 1. The Hall–Kier alpha value is -2.86. The Balaban J connectivity index is 1.65. The van der Waals surface area contributed by atoms with Crippen molar-refractivity contribution < 1.29 is 18.7 Å². The predicted octanol–water partition coefficient (Wildman–Crippen LogP) is 2.24. The summed E-state index contributed by atoms with van der Waals surface area (Å²) in [4.78, 5) is 24.0. The van der Waals surface area contributed by atoms with Crippen LogP contribution in [-0.2, 0) is 0 Å². The molecule has 0 aliphatic rings. The van der Waals surface area contributed by atoms with Crippen LogP contribution in [0.15, 0.2) is 62.4 Å². The summed E-state index contributed by atoms with van der Waals surface area (Å²) in [5, 5.41) is 12.9. The van der Waals surface area contributed by atoms with Crippen LogP contribution in [0.3, 0.4) is 0 Å². The molecular weight excluding hydrogens is 298 g/mol. The highest BCUT2D eigenvalue weighted by Crippen LogP contribution is 2.16. The number of hydrogen-bond acceptors (Lipinski definition) is 5. The molecule has 3 aromatic rings. The third-order valence-electron chi connectivity index (χ3n) is 3.43. The number of amides is 1. The number of rotatable bonds is 5. The van der Waals surface area contributed by atoms with E-state index in [2.05, 4.69) is 5.32 Å². The molecule has 1 amide bonds. The van der Waals surface area contributed by atoms with Gasteiger partial charge < -0.3 is 19.3 Å². The van der Waals surface area contributed by atoms with E-state index in [-0.39, 0.29) is 24.2 Å². The van der Waals surface area contributed by atoms with Crippen molar-refractivity contribution >= 4 is 16.9 Å². The molecule has 0 spiro atoms. The van der Waals surface area contributed by atoms with Crippen LogP contribution in [-0.4, -0.2) is 17.6 Å². The van der Waals surface area contributed by atoms with Crippen LogP contribution in [0, 0.1) is 0 Å². The first-order valence-corrected chi connectivity index (χ1v) is 7.18. The van der Waals surface area contributed by atoms with E-state index in [1.807, 2.05) is 0 Å². The van der Waals surface area contributed by atoms with E-state index in [9.17, 15) is 14.7 Å². The van der Waals surface area contributed by atoms with E-state index < -0.39 is 12.0 Å². The molecule has 0 radical (unpaired) electrons. The van der Waals surface area contributed by atoms with Gasteiger partial charge in [0.05, 0.1) is 11.6 Å². The lowest BCUT2D eigenvalue weighted by atomic mass is 10.2. The Bertz CT molecular complexity index is 866. The second-order valence-electron chi connectivity index (χ2n) is 5.05. The summed E-state index contributed by atoms with van der Waals surface area (Å²) in [6.07, 6.45) is 0.965. The van der Waals surface area contributed by atoms with Gasteiger partial charge in [-0.1, -0.05) is 12.1 Å². The van der Waals surface area contributed by atoms with Crippen LogP contribution in [0.1, 0.15) is 28.8 Å². The fourth-order valence-corrected chi connectivity index (χ4v) is 2.25. The van der Waals surface area contributed by atoms with Crippen molar-refractivity contribution in [2.45, 2.75) is 12.5 Å². The van der Waals surface area contributed by atoms with Crippen LogP contribution in [0.2, 0.25) is 0 Å². The minimum Gasteiger partial charge on any atom is -0.467 e. The smallest absolute Gasteiger partial charge is 0.287 e. The molecule has 0 aliphatic heterocycles. The van der Waals surface area contributed by atoms with Crippen molar-refractivity contribution in [3.63, 3.8) is 0 Å². The molecule has 1 aromatic carbocycles. The highest BCUT2D eigenvalue weighted by Gasteiger charge is 2.14. The van der Waals surface area contributed by atoms with Crippen molar-refractivity contribution in [3.05, 3.63) is 70.5 Å². The standard InChI is InChI=1S/C17H15NO5/c19-12(15-6-3-9-22-15)7-8-18-17(21)16-10-13(20)11-4-1-2-5-14(11)23-16/h1-6,9-10,12,19H,7-8H2,(H,18,21). The van der Waals surface area contributed by atoms with Gasteiger partial charge in [0.2, 0.25) is 0 Å². The molecule has 1 unspecified atom stereocenters. The van der Waals surface area contributed by atoms with Crippen molar-refractivity contribution in [2.75, 3.05) is 6.54 Å². The van der Waals surface area contributed by atoms with Gasteiger partial charge >= 0.3 is 0 Å². The number of benzene rings is 1. The topological polar surface area (TPSA) is 92.7 Å². The lowest BCUT2D eigenvalue weighted by molar-refractivity contribution is 0.0909. The van der Waals surface area contributed by atoms with E-state index in [4.69, 9.17) is 8.83 Å². The van der Waals surface area contributed by atoms with Crippen molar-refractivity contribution in [2.24, 2.45) is 0 Å². The van der Waals surface area contributed by atoms with Crippen molar-refractivity contribution in [1.82, 2.24) is 5.32 Å². The zero-order valence-corrected chi connectivity index (χ0v) is 12.2. The average Bonchev–Trinajstić information content (AvgIpc) is 3.09. The lowest BCUT2D eigenvalue weighted by Crippen LogP contribution is -2.26. The van der Waals surface area contributed by atoms with Crippen LogP contribution in [0.4, 0.5) is 0 Å². The molecule has 1 atom stereocenters. The van der Waals surface area contributed by atoms with Crippen molar-refractivity contribution in [1.29, 1.82) is 0 Å². The molecule has 2 N–H and O–H groups in total. The Morgan fingerprint density at radius 1 is 1.22 bits per heavy atom. The predicted molar refractivity (Wildman–Crippen MR) is 83.1 cm³/mol. The van der Waals surface area contributed by atoms with Crippen LogP contribution < -0.4 is 10.7 Å². The van der Waals surface area contributed by atoms with E-state index in [1.54, 1.807) is 36.4 Å². The molecule has 0 saturated heterocycles. The molecule has 23 heavy (non-hydrogen) atoms. The van der Waals surface area contributed by atoms with Gasteiger partial charge in [0, 0.05) is 12.6 Å². The Labute approximate surface area is 131 Å². The number of furan rings is 1. The number of aliphatic hydroxyl groups is 1. The SMILES string of the molecule is O=C(NCCC(O)c1ccco1)c1cc(=O)c2ccccc2o1. The van der Waals surface area contributed by atoms with E-state index in [0.717, 1.165) is 0 Å². The van der Waals surface area contributed by atoms with E-state index in [1.165, 1.54) is 12.3 Å². The zero-order chi connectivity index (χ0) is 16.2. The molecule has 0 saturated carbocycles. The first kappa shape index (κ1) is 15.1. The van der Waals surface area contributed by atoms with Gasteiger partial charge in [0.15, 0.2) is 11.2 Å². The summed E-state index contributed by atoms with van der Waals surface area (Å²) in [6, 6.07) is 11.2. The van der Waals surface area contributed by atoms with E-state index >= 15 is 0 Å². The second kappa shape index (κ2) is 6.50. The molecule has 3 rings (SSSR count). The summed E-state index contributed by atoms with van der Waals surface area (Å²) < 4.78 is 10.5. The summed E-state index contributed by atoms with van der Waals surface area (Å²) in [5.41, 5.74) is 0.0911. The van der Waals surface area contributed by atoms with Gasteiger partial charge in [0.25, 0.3) is 5.91 Å². The Morgan fingerprint density at radius 3 is 2.83 bits per heavy atom. The molecule has 6 nitrogen and oxygen atoms in total. The first-order chi connectivity index (χ1) is 11.1. The minimum atomic E-state index is -0.797. The lowest BCUT2D eigenvalue weighted by Gasteiger charge is -2.09. The fraction of sp³-hybridized carbons (Fsp3) is 0.176. The van der Waals surface area contributed by atoms with E-state index in [0.29, 0.717) is 16.7 Å². The van der Waals surface area contributed by atoms with Crippen LogP contribution in [0.5, 0.6) is 0 Å². The van der Waals surface area contributed by atoms with Gasteiger partial charge in [-0.15, -0.1) is 0 Å². The number of hydrogen-bond donors (Lipinski definition) is 2. The third kappa shape index (κ3) is 3.32. The summed E-state index contributed by atoms with van der Waals surface area (Å²) >= 11 is 0. The highest BCUT2D eigenvalue weighted by atomic mass is 16.4. The van der Waals surface area contributed by atoms with Crippen LogP contribution in [0.25, 0.3) is 11.0 Å². The molecular formula is C17H15NO5. The van der Waals surface area contributed by atoms with Crippen LogP contribution >= 0.6 is 0 Å². The maximum Gasteiger partial charge on any atom is 0.287 e. The maximum atomic E-state index is 12.1. The second-order valence-corrected chi connectivity index (χ2v) is 5.05.